The predicted octanol–water partition coefficient (Wildman–Crippen LogP) is 2.42. The molecule has 0 spiro atoms. The molecule has 1 unspecified atom stereocenters. The number of benzene rings is 1. The highest BCUT2D eigenvalue weighted by molar-refractivity contribution is 5.61. The summed E-state index contributed by atoms with van der Waals surface area (Å²) in [6, 6.07) is 9.89. The molecule has 1 aromatic rings. The number of hydrogen-bond acceptors (Lipinski definition) is 0. The van der Waals surface area contributed by atoms with Crippen LogP contribution in [0.5, 0.6) is 0 Å². The van der Waals surface area contributed by atoms with Crippen molar-refractivity contribution in [1.29, 1.82) is 0 Å². The highest BCUT2D eigenvalue weighted by Gasteiger charge is 2.10. The van der Waals surface area contributed by atoms with Crippen LogP contribution in [0.15, 0.2) is 18.2 Å². The van der Waals surface area contributed by atoms with E-state index in [2.05, 4.69) is 31.2 Å². The maximum atomic E-state index is 2.96. The lowest BCUT2D eigenvalue weighted by atomic mass is 10.0. The molecule has 0 nitrogen and oxygen atoms in total. The Morgan fingerprint density at radius 2 is 2.10 bits per heavy atom. The summed E-state index contributed by atoms with van der Waals surface area (Å²) in [5, 5.41) is 0. The summed E-state index contributed by atoms with van der Waals surface area (Å²) >= 11 is 0. The van der Waals surface area contributed by atoms with Gasteiger partial charge in [-0.3, -0.25) is 0 Å². The van der Waals surface area contributed by atoms with Crippen molar-refractivity contribution in [2.24, 2.45) is 0 Å². The molecular formula is C10H8. The van der Waals surface area contributed by atoms with Gasteiger partial charge in [0, 0.05) is 0 Å². The van der Waals surface area contributed by atoms with Crippen LogP contribution in [0.1, 0.15) is 24.0 Å². The lowest BCUT2D eigenvalue weighted by Gasteiger charge is -2.01. The maximum absolute atomic E-state index is 2.96. The normalized spacial score (nSPS) is 21.1. The summed E-state index contributed by atoms with van der Waals surface area (Å²) in [7, 11) is 0. The Morgan fingerprint density at radius 3 is 2.90 bits per heavy atom. The fraction of sp³-hybridized carbons (Fsp3) is 0.200. The highest BCUT2D eigenvalue weighted by Crippen LogP contribution is 2.28. The summed E-state index contributed by atoms with van der Waals surface area (Å²) in [6.45, 7) is 2.19. The van der Waals surface area contributed by atoms with E-state index >= 15 is 0 Å². The van der Waals surface area contributed by atoms with Gasteiger partial charge >= 0.3 is 0 Å². The van der Waals surface area contributed by atoms with Crippen LogP contribution in [0, 0.1) is 12.1 Å². The van der Waals surface area contributed by atoms with Gasteiger partial charge in [-0.15, -0.1) is 0 Å². The van der Waals surface area contributed by atoms with Crippen molar-refractivity contribution >= 4 is 6.08 Å². The van der Waals surface area contributed by atoms with Crippen molar-refractivity contribution in [3.05, 3.63) is 41.5 Å². The molecule has 1 aromatic carbocycles. The fourth-order valence-electron chi connectivity index (χ4n) is 1.30. The molecule has 1 atom stereocenters. The van der Waals surface area contributed by atoms with E-state index in [1.54, 1.807) is 0 Å². The SMILES string of the molecule is CC1C=Cc2c[c][c]cc21. The van der Waals surface area contributed by atoms with Crippen molar-refractivity contribution in [2.45, 2.75) is 12.8 Å². The summed E-state index contributed by atoms with van der Waals surface area (Å²) in [4.78, 5) is 0. The minimum Gasteiger partial charge on any atom is -0.0767 e. The molecule has 0 bridgehead atoms. The molecule has 0 aromatic heterocycles. The van der Waals surface area contributed by atoms with E-state index in [9.17, 15) is 0 Å². The van der Waals surface area contributed by atoms with Gasteiger partial charge in [0.25, 0.3) is 0 Å². The van der Waals surface area contributed by atoms with E-state index in [4.69, 9.17) is 0 Å². The minimum absolute atomic E-state index is 0.570. The van der Waals surface area contributed by atoms with E-state index in [0.717, 1.165) is 0 Å². The summed E-state index contributed by atoms with van der Waals surface area (Å²) in [5.74, 6) is 0.570. The maximum Gasteiger partial charge on any atom is -0.0000947 e. The van der Waals surface area contributed by atoms with Crippen LogP contribution < -0.4 is 0 Å². The average molecular weight is 128 g/mol. The molecule has 10 heavy (non-hydrogen) atoms. The minimum atomic E-state index is 0.570. The molecule has 0 aliphatic heterocycles. The van der Waals surface area contributed by atoms with Crippen LogP contribution in [-0.2, 0) is 0 Å². The fourth-order valence-corrected chi connectivity index (χ4v) is 1.30. The van der Waals surface area contributed by atoms with Gasteiger partial charge in [0.15, 0.2) is 0 Å². The Labute approximate surface area is 61.2 Å². The molecular weight excluding hydrogens is 120 g/mol. The van der Waals surface area contributed by atoms with E-state index in [1.807, 2.05) is 12.1 Å². The molecule has 48 valence electrons. The Hall–Kier alpha value is -1.04. The van der Waals surface area contributed by atoms with Crippen LogP contribution >= 0.6 is 0 Å². The second-order valence-electron chi connectivity index (χ2n) is 2.64. The van der Waals surface area contributed by atoms with Crippen LogP contribution in [-0.4, -0.2) is 0 Å². The summed E-state index contributed by atoms with van der Waals surface area (Å²) < 4.78 is 0. The molecule has 0 amide bonds. The van der Waals surface area contributed by atoms with Gasteiger partial charge in [-0.05, 0) is 41.3 Å². The van der Waals surface area contributed by atoms with Crippen molar-refractivity contribution in [2.75, 3.05) is 0 Å². The molecule has 0 saturated heterocycles. The average Bonchev–Trinajstić information content (AvgIpc) is 2.34. The summed E-state index contributed by atoms with van der Waals surface area (Å²) in [6.07, 6.45) is 4.34. The Morgan fingerprint density at radius 1 is 1.30 bits per heavy atom. The first-order valence-electron chi connectivity index (χ1n) is 3.48. The second-order valence-corrected chi connectivity index (χ2v) is 2.64. The first-order chi connectivity index (χ1) is 4.88. The van der Waals surface area contributed by atoms with Crippen LogP contribution in [0.4, 0.5) is 0 Å². The first kappa shape index (κ1) is 5.72. The van der Waals surface area contributed by atoms with Crippen molar-refractivity contribution in [1.82, 2.24) is 0 Å². The predicted molar refractivity (Wildman–Crippen MR) is 41.6 cm³/mol. The van der Waals surface area contributed by atoms with Gasteiger partial charge in [-0.1, -0.05) is 19.1 Å². The Kier molecular flexibility index (Phi) is 1.13. The largest absolute Gasteiger partial charge is 0.0767 e. The van der Waals surface area contributed by atoms with Crippen molar-refractivity contribution in [3.63, 3.8) is 0 Å². The second kappa shape index (κ2) is 1.98. The van der Waals surface area contributed by atoms with E-state index in [0.29, 0.717) is 5.92 Å². The quantitative estimate of drug-likeness (QED) is 0.503. The van der Waals surface area contributed by atoms with Gasteiger partial charge in [-0.25, -0.2) is 0 Å². The Balaban J connectivity index is 2.59. The molecule has 1 aliphatic carbocycles. The molecule has 0 N–H and O–H groups in total. The number of rotatable bonds is 0. The Bertz CT molecular complexity index is 271. The molecule has 2 rings (SSSR count). The van der Waals surface area contributed by atoms with Crippen molar-refractivity contribution < 1.29 is 0 Å². The van der Waals surface area contributed by atoms with Gasteiger partial charge in [-0.2, -0.15) is 0 Å². The first-order valence-corrected chi connectivity index (χ1v) is 3.48. The standard InChI is InChI=1S/C10H8/c1-8-6-7-9-4-2-3-5-10(8)9/h4-8H,1H3. The lowest BCUT2D eigenvalue weighted by Crippen LogP contribution is -1.84. The molecule has 1 aliphatic rings. The number of fused-ring (bicyclic) bond motifs is 1. The third-order valence-electron chi connectivity index (χ3n) is 1.93. The van der Waals surface area contributed by atoms with Crippen molar-refractivity contribution in [3.8, 4) is 0 Å². The van der Waals surface area contributed by atoms with Crippen LogP contribution in [0.3, 0.4) is 0 Å². The lowest BCUT2D eigenvalue weighted by molar-refractivity contribution is 0.989. The molecule has 2 radical (unpaired) electrons. The number of hydrogen-bond donors (Lipinski definition) is 0. The van der Waals surface area contributed by atoms with E-state index < -0.39 is 0 Å². The molecule has 0 saturated carbocycles. The summed E-state index contributed by atoms with van der Waals surface area (Å²) in [5.41, 5.74) is 2.67. The monoisotopic (exact) mass is 128 g/mol. The molecule has 0 fully saturated rings. The molecule has 0 heteroatoms. The zero-order chi connectivity index (χ0) is 6.97. The van der Waals surface area contributed by atoms with E-state index in [-0.39, 0.29) is 0 Å². The van der Waals surface area contributed by atoms with Gasteiger partial charge in [0.2, 0.25) is 0 Å². The topological polar surface area (TPSA) is 0 Å². The third-order valence-corrected chi connectivity index (χ3v) is 1.93. The third kappa shape index (κ3) is 0.688. The smallest absolute Gasteiger partial charge is 0.0000947 e. The van der Waals surface area contributed by atoms with Crippen LogP contribution in [0.2, 0.25) is 0 Å². The number of allylic oxidation sites excluding steroid dienone is 1. The highest BCUT2D eigenvalue weighted by atomic mass is 14.1. The zero-order valence-corrected chi connectivity index (χ0v) is 5.89. The van der Waals surface area contributed by atoms with Gasteiger partial charge < -0.3 is 0 Å². The van der Waals surface area contributed by atoms with E-state index in [1.165, 1.54) is 11.1 Å². The van der Waals surface area contributed by atoms with Crippen LogP contribution in [0.25, 0.3) is 6.08 Å². The van der Waals surface area contributed by atoms with Gasteiger partial charge in [0.05, 0.1) is 0 Å². The molecule has 0 heterocycles. The zero-order valence-electron chi connectivity index (χ0n) is 5.89. The van der Waals surface area contributed by atoms with Gasteiger partial charge in [0.1, 0.15) is 0 Å².